The fourth-order valence-corrected chi connectivity index (χ4v) is 1.87. The molecular formula is C15H19N3O. The van der Waals surface area contributed by atoms with Crippen LogP contribution < -0.4 is 4.74 Å². The fourth-order valence-electron chi connectivity index (χ4n) is 1.87. The molecule has 0 radical (unpaired) electrons. The van der Waals surface area contributed by atoms with Crippen molar-refractivity contribution in [2.45, 2.75) is 27.2 Å². The van der Waals surface area contributed by atoms with Gasteiger partial charge in [-0.1, -0.05) is 37.3 Å². The van der Waals surface area contributed by atoms with Crippen molar-refractivity contribution in [3.05, 3.63) is 35.9 Å². The summed E-state index contributed by atoms with van der Waals surface area (Å²) < 4.78 is 5.42. The van der Waals surface area contributed by atoms with E-state index in [1.807, 2.05) is 44.2 Å². The van der Waals surface area contributed by atoms with Crippen molar-refractivity contribution in [2.24, 2.45) is 5.10 Å². The summed E-state index contributed by atoms with van der Waals surface area (Å²) in [5, 5.41) is 9.00. The molecule has 0 spiro atoms. The predicted molar refractivity (Wildman–Crippen MR) is 77.8 cm³/mol. The molecule has 2 aromatic rings. The molecule has 4 heteroatoms. The highest BCUT2D eigenvalue weighted by Crippen LogP contribution is 2.29. The van der Waals surface area contributed by atoms with Crippen LogP contribution in [0.1, 0.15) is 25.8 Å². The Bertz CT molecular complexity index is 585. The SMILES string of the molecule is CCC(C)=Nn1nc(-c2ccccc2)c(C)c1OC. The summed E-state index contributed by atoms with van der Waals surface area (Å²) in [5.41, 5.74) is 3.99. The van der Waals surface area contributed by atoms with Crippen LogP contribution in [0.5, 0.6) is 5.88 Å². The highest BCUT2D eigenvalue weighted by atomic mass is 16.5. The Kier molecular flexibility index (Phi) is 4.00. The minimum atomic E-state index is 0.687. The van der Waals surface area contributed by atoms with Crippen molar-refractivity contribution < 1.29 is 4.74 Å². The van der Waals surface area contributed by atoms with Crippen LogP contribution in [-0.4, -0.2) is 22.7 Å². The van der Waals surface area contributed by atoms with Crippen LogP contribution in [0.25, 0.3) is 11.3 Å². The molecule has 2 rings (SSSR count). The summed E-state index contributed by atoms with van der Waals surface area (Å²) in [4.78, 5) is 1.58. The van der Waals surface area contributed by atoms with E-state index in [-0.39, 0.29) is 0 Å². The van der Waals surface area contributed by atoms with Gasteiger partial charge >= 0.3 is 0 Å². The zero-order chi connectivity index (χ0) is 13.8. The van der Waals surface area contributed by atoms with Crippen molar-refractivity contribution in [3.8, 4) is 17.1 Å². The molecule has 19 heavy (non-hydrogen) atoms. The summed E-state index contributed by atoms with van der Waals surface area (Å²) in [5.74, 6) is 0.687. The van der Waals surface area contributed by atoms with Gasteiger partial charge in [0, 0.05) is 16.8 Å². The Balaban J connectivity index is 2.54. The van der Waals surface area contributed by atoms with Crippen molar-refractivity contribution in [2.75, 3.05) is 7.11 Å². The molecule has 1 aromatic carbocycles. The van der Waals surface area contributed by atoms with Gasteiger partial charge in [0.1, 0.15) is 5.69 Å². The summed E-state index contributed by atoms with van der Waals surface area (Å²) in [6.07, 6.45) is 0.892. The zero-order valence-electron chi connectivity index (χ0n) is 11.8. The van der Waals surface area contributed by atoms with Crippen LogP contribution in [0.2, 0.25) is 0 Å². The molecule has 1 aromatic heterocycles. The minimum absolute atomic E-state index is 0.687. The maximum Gasteiger partial charge on any atom is 0.238 e. The van der Waals surface area contributed by atoms with Gasteiger partial charge in [-0.3, -0.25) is 0 Å². The number of methoxy groups -OCH3 is 1. The van der Waals surface area contributed by atoms with Gasteiger partial charge in [0.25, 0.3) is 0 Å². The van der Waals surface area contributed by atoms with Crippen molar-refractivity contribution >= 4 is 5.71 Å². The van der Waals surface area contributed by atoms with Gasteiger partial charge < -0.3 is 4.74 Å². The van der Waals surface area contributed by atoms with Gasteiger partial charge in [-0.2, -0.15) is 5.10 Å². The highest BCUT2D eigenvalue weighted by Gasteiger charge is 2.16. The van der Waals surface area contributed by atoms with E-state index < -0.39 is 0 Å². The van der Waals surface area contributed by atoms with Crippen LogP contribution in [0.15, 0.2) is 35.4 Å². The topological polar surface area (TPSA) is 39.4 Å². The van der Waals surface area contributed by atoms with E-state index in [4.69, 9.17) is 4.74 Å². The molecule has 0 unspecified atom stereocenters. The number of benzene rings is 1. The Hall–Kier alpha value is -2.10. The van der Waals surface area contributed by atoms with E-state index in [2.05, 4.69) is 17.1 Å². The van der Waals surface area contributed by atoms with Crippen LogP contribution in [0.4, 0.5) is 0 Å². The van der Waals surface area contributed by atoms with Gasteiger partial charge in [0.05, 0.1) is 7.11 Å². The van der Waals surface area contributed by atoms with Crippen LogP contribution in [0, 0.1) is 6.92 Å². The van der Waals surface area contributed by atoms with Crippen molar-refractivity contribution in [1.82, 2.24) is 9.89 Å². The summed E-state index contributed by atoms with van der Waals surface area (Å²) in [7, 11) is 1.64. The molecule has 0 aliphatic rings. The number of hydrogen-bond acceptors (Lipinski definition) is 3. The van der Waals surface area contributed by atoms with E-state index >= 15 is 0 Å². The standard InChI is InChI=1S/C15H19N3O/c1-5-11(2)16-18-15(19-4)12(3)14(17-18)13-9-7-6-8-10-13/h6-10H,5H2,1-4H3. The fraction of sp³-hybridized carbons (Fsp3) is 0.333. The molecule has 1 heterocycles. The highest BCUT2D eigenvalue weighted by molar-refractivity contribution is 5.81. The molecule has 0 aliphatic carbocycles. The first kappa shape index (κ1) is 13.3. The maximum absolute atomic E-state index is 5.42. The molecule has 0 bridgehead atoms. The molecular weight excluding hydrogens is 238 g/mol. The number of ether oxygens (including phenoxy) is 1. The molecule has 0 aliphatic heterocycles. The minimum Gasteiger partial charge on any atom is -0.480 e. The lowest BCUT2D eigenvalue weighted by Crippen LogP contribution is -2.00. The monoisotopic (exact) mass is 257 g/mol. The van der Waals surface area contributed by atoms with E-state index in [0.29, 0.717) is 5.88 Å². The van der Waals surface area contributed by atoms with E-state index in [1.165, 1.54) is 0 Å². The second-order valence-corrected chi connectivity index (χ2v) is 4.43. The maximum atomic E-state index is 5.42. The third-order valence-electron chi connectivity index (χ3n) is 3.07. The molecule has 0 amide bonds. The van der Waals surface area contributed by atoms with Gasteiger partial charge in [-0.15, -0.1) is 9.89 Å². The summed E-state index contributed by atoms with van der Waals surface area (Å²) in [6, 6.07) is 10.1. The zero-order valence-corrected chi connectivity index (χ0v) is 11.8. The predicted octanol–water partition coefficient (Wildman–Crippen LogP) is 3.50. The van der Waals surface area contributed by atoms with Crippen LogP contribution in [-0.2, 0) is 0 Å². The van der Waals surface area contributed by atoms with Crippen molar-refractivity contribution in [3.63, 3.8) is 0 Å². The molecule has 100 valence electrons. The normalized spacial score (nSPS) is 11.7. The summed E-state index contributed by atoms with van der Waals surface area (Å²) >= 11 is 0. The Morgan fingerprint density at radius 1 is 1.32 bits per heavy atom. The molecule has 0 saturated heterocycles. The molecule has 0 saturated carbocycles. The summed E-state index contributed by atoms with van der Waals surface area (Å²) in [6.45, 7) is 6.06. The Morgan fingerprint density at radius 3 is 2.58 bits per heavy atom. The Labute approximate surface area is 113 Å². The van der Waals surface area contributed by atoms with Gasteiger partial charge in [0.2, 0.25) is 5.88 Å². The smallest absolute Gasteiger partial charge is 0.238 e. The second kappa shape index (κ2) is 5.69. The number of rotatable bonds is 4. The first-order valence-electron chi connectivity index (χ1n) is 6.40. The van der Waals surface area contributed by atoms with Gasteiger partial charge in [0.15, 0.2) is 0 Å². The van der Waals surface area contributed by atoms with Gasteiger partial charge in [-0.05, 0) is 20.3 Å². The molecule has 0 atom stereocenters. The average Bonchev–Trinajstić information content (AvgIpc) is 2.75. The van der Waals surface area contributed by atoms with Crippen LogP contribution in [0.3, 0.4) is 0 Å². The lowest BCUT2D eigenvalue weighted by atomic mass is 10.1. The first-order valence-corrected chi connectivity index (χ1v) is 6.40. The van der Waals surface area contributed by atoms with Crippen molar-refractivity contribution in [1.29, 1.82) is 0 Å². The molecule has 0 N–H and O–H groups in total. The quantitative estimate of drug-likeness (QED) is 0.786. The largest absolute Gasteiger partial charge is 0.480 e. The van der Waals surface area contributed by atoms with Gasteiger partial charge in [-0.25, -0.2) is 0 Å². The lowest BCUT2D eigenvalue weighted by Gasteiger charge is -2.01. The average molecular weight is 257 g/mol. The number of aromatic nitrogens is 2. The Morgan fingerprint density at radius 2 is 2.00 bits per heavy atom. The molecule has 0 fully saturated rings. The number of nitrogens with zero attached hydrogens (tertiary/aromatic N) is 3. The number of hydrogen-bond donors (Lipinski definition) is 0. The lowest BCUT2D eigenvalue weighted by molar-refractivity contribution is 0.368. The third kappa shape index (κ3) is 2.67. The second-order valence-electron chi connectivity index (χ2n) is 4.43. The van der Waals surface area contributed by atoms with E-state index in [0.717, 1.165) is 29.0 Å². The first-order chi connectivity index (χ1) is 9.17. The van der Waals surface area contributed by atoms with E-state index in [9.17, 15) is 0 Å². The van der Waals surface area contributed by atoms with Crippen LogP contribution >= 0.6 is 0 Å². The molecule has 4 nitrogen and oxygen atoms in total. The third-order valence-corrected chi connectivity index (χ3v) is 3.07. The van der Waals surface area contributed by atoms with E-state index in [1.54, 1.807) is 11.9 Å².